The van der Waals surface area contributed by atoms with Gasteiger partial charge in [-0.1, -0.05) is 35.4 Å². The van der Waals surface area contributed by atoms with Crippen molar-refractivity contribution in [1.82, 2.24) is 0 Å². The largest absolute Gasteiger partial charge is 0.478 e. The van der Waals surface area contributed by atoms with Crippen LogP contribution in [0.15, 0.2) is 24.3 Å². The Balaban J connectivity index is 0.000000302. The van der Waals surface area contributed by atoms with Crippen molar-refractivity contribution < 1.29 is 33.0 Å². The van der Waals surface area contributed by atoms with E-state index in [1.165, 1.54) is 11.1 Å². The van der Waals surface area contributed by atoms with E-state index in [4.69, 9.17) is 19.6 Å². The summed E-state index contributed by atoms with van der Waals surface area (Å²) in [4.78, 5) is 31.0. The Bertz CT molecular complexity index is 389. The fraction of sp³-hybridized carbons (Fsp3) is 0.250. The predicted octanol–water partition coefficient (Wildman–Crippen LogP) is 1.49. The Kier molecular flexibility index (Phi) is 6.23. The van der Waals surface area contributed by atoms with Crippen molar-refractivity contribution in [3.63, 3.8) is 0 Å². The van der Waals surface area contributed by atoms with E-state index in [9.17, 15) is 9.13 Å². The van der Waals surface area contributed by atoms with Crippen molar-refractivity contribution in [1.29, 1.82) is 0 Å². The molecule has 0 radical (unpaired) electrons. The minimum Gasteiger partial charge on any atom is -0.302 e. The maximum absolute atomic E-state index is 9.63. The highest BCUT2D eigenvalue weighted by molar-refractivity contribution is 7.60. The molecule has 1 rings (SSSR count). The molecule has 0 saturated carbocycles. The molecule has 1 aromatic rings. The molecule has 17 heavy (non-hydrogen) atoms. The van der Waals surface area contributed by atoms with Crippen LogP contribution < -0.4 is 0 Å². The molecule has 0 aromatic heterocycles. The van der Waals surface area contributed by atoms with Crippen LogP contribution in [0.25, 0.3) is 0 Å². The van der Waals surface area contributed by atoms with Crippen molar-refractivity contribution in [3.8, 4) is 0 Å². The highest BCUT2D eigenvalue weighted by Gasteiger charge is 2.27. The summed E-state index contributed by atoms with van der Waals surface area (Å²) >= 11 is 0. The molecular weight excluding hydrogens is 270 g/mol. The molecule has 0 aliphatic carbocycles. The van der Waals surface area contributed by atoms with Gasteiger partial charge in [-0.2, -0.15) is 4.31 Å². The smallest absolute Gasteiger partial charge is 0.302 e. The van der Waals surface area contributed by atoms with Gasteiger partial charge in [-0.3, -0.25) is 0 Å². The number of benzene rings is 1. The van der Waals surface area contributed by atoms with Crippen LogP contribution >= 0.6 is 15.6 Å². The lowest BCUT2D eigenvalue weighted by Crippen LogP contribution is -1.84. The Labute approximate surface area is 98.6 Å². The van der Waals surface area contributed by atoms with E-state index in [1.807, 2.05) is 0 Å². The normalized spacial score (nSPS) is 11.6. The van der Waals surface area contributed by atoms with Crippen LogP contribution in [0.5, 0.6) is 0 Å². The van der Waals surface area contributed by atoms with Gasteiger partial charge >= 0.3 is 15.6 Å². The number of rotatable bonds is 2. The van der Waals surface area contributed by atoms with Crippen LogP contribution in [0.4, 0.5) is 0 Å². The van der Waals surface area contributed by atoms with Crippen LogP contribution in [-0.4, -0.2) is 19.6 Å². The van der Waals surface area contributed by atoms with Crippen LogP contribution in [-0.2, 0) is 13.4 Å². The van der Waals surface area contributed by atoms with E-state index in [0.717, 1.165) is 0 Å². The molecule has 0 aliphatic heterocycles. The van der Waals surface area contributed by atoms with Crippen molar-refractivity contribution in [3.05, 3.63) is 35.4 Å². The highest BCUT2D eigenvalue weighted by atomic mass is 31.3. The summed E-state index contributed by atoms with van der Waals surface area (Å²) in [6, 6.07) is 8.48. The molecule has 0 aliphatic rings. The lowest BCUT2D eigenvalue weighted by molar-refractivity contribution is 0.225. The maximum Gasteiger partial charge on any atom is 0.478 e. The summed E-state index contributed by atoms with van der Waals surface area (Å²) in [6.45, 7) is 4.19. The first kappa shape index (κ1) is 16.5. The second-order valence-electron chi connectivity index (χ2n) is 3.22. The molecule has 7 nitrogen and oxygen atoms in total. The summed E-state index contributed by atoms with van der Waals surface area (Å²) < 4.78 is 22.2. The van der Waals surface area contributed by atoms with Crippen molar-refractivity contribution in [2.24, 2.45) is 0 Å². The lowest BCUT2D eigenvalue weighted by Gasteiger charge is -2.03. The molecule has 0 bridgehead atoms. The summed E-state index contributed by atoms with van der Waals surface area (Å²) in [6.07, 6.45) is 0. The molecule has 0 saturated heterocycles. The van der Waals surface area contributed by atoms with Crippen molar-refractivity contribution >= 4 is 15.6 Å². The summed E-state index contributed by atoms with van der Waals surface area (Å²) in [7, 11) is -10.1. The van der Waals surface area contributed by atoms with E-state index in [2.05, 4.69) is 42.4 Å². The Morgan fingerprint density at radius 1 is 0.824 bits per heavy atom. The standard InChI is InChI=1S/C8H10.H4O7P2/c1-7-3-5-8(2)6-4-7;1-8(2,3)7-9(4,5)6/h3-6H,1-2H3;(H2,1,2,3)(H2,4,5,6). The fourth-order valence-electron chi connectivity index (χ4n) is 0.775. The fourth-order valence-corrected chi connectivity index (χ4v) is 1.88. The molecular formula is C8H14O7P2. The van der Waals surface area contributed by atoms with Gasteiger partial charge in [0.15, 0.2) is 0 Å². The molecule has 0 heterocycles. The molecule has 9 heteroatoms. The predicted molar refractivity (Wildman–Crippen MR) is 61.1 cm³/mol. The van der Waals surface area contributed by atoms with E-state index in [1.54, 1.807) is 0 Å². The van der Waals surface area contributed by atoms with E-state index in [0.29, 0.717) is 0 Å². The van der Waals surface area contributed by atoms with Gasteiger partial charge in [-0.25, -0.2) is 9.13 Å². The third-order valence-corrected chi connectivity index (χ3v) is 3.13. The molecule has 0 fully saturated rings. The quantitative estimate of drug-likeness (QED) is 0.606. The van der Waals surface area contributed by atoms with Crippen LogP contribution in [0.3, 0.4) is 0 Å². The topological polar surface area (TPSA) is 124 Å². The van der Waals surface area contributed by atoms with Gasteiger partial charge in [-0.05, 0) is 13.8 Å². The second-order valence-corrected chi connectivity index (χ2v) is 5.83. The van der Waals surface area contributed by atoms with Gasteiger partial charge in [0.1, 0.15) is 0 Å². The van der Waals surface area contributed by atoms with Gasteiger partial charge in [0.25, 0.3) is 0 Å². The van der Waals surface area contributed by atoms with Gasteiger partial charge in [-0.15, -0.1) is 0 Å². The molecule has 0 atom stereocenters. The van der Waals surface area contributed by atoms with E-state index < -0.39 is 15.6 Å². The highest BCUT2D eigenvalue weighted by Crippen LogP contribution is 2.53. The van der Waals surface area contributed by atoms with Crippen molar-refractivity contribution in [2.75, 3.05) is 0 Å². The zero-order chi connectivity index (χ0) is 13.7. The summed E-state index contributed by atoms with van der Waals surface area (Å²) in [5.41, 5.74) is 2.66. The second kappa shape index (κ2) is 6.42. The summed E-state index contributed by atoms with van der Waals surface area (Å²) in [5.74, 6) is 0. The zero-order valence-corrected chi connectivity index (χ0v) is 11.0. The Morgan fingerprint density at radius 2 is 1.06 bits per heavy atom. The first-order valence-electron chi connectivity index (χ1n) is 4.35. The third kappa shape index (κ3) is 11.7. The van der Waals surface area contributed by atoms with E-state index >= 15 is 0 Å². The number of aryl methyl sites for hydroxylation is 2. The molecule has 0 spiro atoms. The van der Waals surface area contributed by atoms with Gasteiger partial charge in [0.05, 0.1) is 0 Å². The lowest BCUT2D eigenvalue weighted by atomic mass is 10.2. The zero-order valence-electron chi connectivity index (χ0n) is 9.22. The maximum atomic E-state index is 9.63. The first-order valence-corrected chi connectivity index (χ1v) is 7.41. The number of hydrogen-bond donors (Lipinski definition) is 4. The van der Waals surface area contributed by atoms with Crippen LogP contribution in [0.2, 0.25) is 0 Å². The summed E-state index contributed by atoms with van der Waals surface area (Å²) in [5, 5.41) is 0. The number of phosphoric acid groups is 2. The van der Waals surface area contributed by atoms with Crippen LogP contribution in [0, 0.1) is 13.8 Å². The van der Waals surface area contributed by atoms with Gasteiger partial charge in [0, 0.05) is 0 Å². The van der Waals surface area contributed by atoms with Crippen molar-refractivity contribution in [2.45, 2.75) is 13.8 Å². The van der Waals surface area contributed by atoms with Crippen LogP contribution in [0.1, 0.15) is 11.1 Å². The molecule has 98 valence electrons. The van der Waals surface area contributed by atoms with E-state index in [-0.39, 0.29) is 0 Å². The minimum absolute atomic E-state index is 1.33. The Hall–Kier alpha value is -0.520. The SMILES string of the molecule is Cc1ccc(C)cc1.O=P(O)(O)OP(=O)(O)O. The Morgan fingerprint density at radius 3 is 1.18 bits per heavy atom. The monoisotopic (exact) mass is 284 g/mol. The van der Waals surface area contributed by atoms with Gasteiger partial charge < -0.3 is 19.6 Å². The number of hydrogen-bond acceptors (Lipinski definition) is 3. The minimum atomic E-state index is -5.05. The first-order chi connectivity index (χ1) is 7.49. The molecule has 0 amide bonds. The molecule has 1 aromatic carbocycles. The average molecular weight is 284 g/mol. The molecule has 4 N–H and O–H groups in total. The third-order valence-electron chi connectivity index (χ3n) is 1.43. The average Bonchev–Trinajstić information content (AvgIpc) is 2.04. The van der Waals surface area contributed by atoms with Gasteiger partial charge in [0.2, 0.25) is 0 Å². The molecule has 0 unspecified atom stereocenters.